The number of carbonyl (C=O) groups is 1. The van der Waals surface area contributed by atoms with E-state index in [0.717, 1.165) is 64.3 Å². The Morgan fingerprint density at radius 3 is 2.37 bits per heavy atom. The third-order valence-corrected chi connectivity index (χ3v) is 10.8. The van der Waals surface area contributed by atoms with Gasteiger partial charge in [-0.05, 0) is 94.8 Å². The number of hydrogen-bond acceptors (Lipinski definition) is 8. The van der Waals surface area contributed by atoms with Crippen LogP contribution >= 0.6 is 0 Å². The molecule has 0 aromatic carbocycles. The third-order valence-electron chi connectivity index (χ3n) is 10.8. The fourth-order valence-electron chi connectivity index (χ4n) is 8.19. The SMILES string of the molecule is COC1CC(CC[C@@H](O)[C@@H](CC2CC[NH2+]C(N)C2)C(=O)CCC2CC(O)C(O)C(OC3CCCCC3)C2)CCC1O. The van der Waals surface area contributed by atoms with Gasteiger partial charge < -0.3 is 35.2 Å². The molecule has 1 heterocycles. The van der Waals surface area contributed by atoms with E-state index >= 15 is 0 Å². The van der Waals surface area contributed by atoms with E-state index in [-0.39, 0.29) is 36.2 Å². The first-order valence-corrected chi connectivity index (χ1v) is 16.8. The van der Waals surface area contributed by atoms with Gasteiger partial charge in [-0.25, -0.2) is 0 Å². The minimum atomic E-state index is -0.871. The standard InChI is InChI=1S/C32H58N2O7/c1-40-29-17-20(8-12-27(29)37)7-10-25(35)24(15-22-13-14-34-31(33)19-22)26(36)11-9-21-16-28(38)32(39)30(18-21)41-23-5-3-2-4-6-23/h20-25,27-32,34-35,37-39H,2-19,33H2,1H3/p+1/t20?,21?,22?,24-,25-,27?,28?,29?,30?,31?,32?/m1/s1. The van der Waals surface area contributed by atoms with E-state index < -0.39 is 30.3 Å². The van der Waals surface area contributed by atoms with Gasteiger partial charge in [-0.3, -0.25) is 10.5 Å². The Morgan fingerprint density at radius 2 is 1.63 bits per heavy atom. The molecule has 0 amide bonds. The first-order valence-electron chi connectivity index (χ1n) is 16.8. The lowest BCUT2D eigenvalue weighted by molar-refractivity contribution is -0.699. The number of piperidine rings is 1. The third kappa shape index (κ3) is 9.93. The number of ether oxygens (including phenoxy) is 2. The zero-order valence-electron chi connectivity index (χ0n) is 25.3. The molecule has 8 N–H and O–H groups in total. The molecule has 0 aromatic heterocycles. The maximum atomic E-state index is 13.7. The second kappa shape index (κ2) is 16.4. The molecular formula is C32H59N2O7+. The van der Waals surface area contributed by atoms with Gasteiger partial charge >= 0.3 is 0 Å². The Hall–Kier alpha value is -0.650. The zero-order valence-corrected chi connectivity index (χ0v) is 25.3. The number of ketones is 1. The van der Waals surface area contributed by atoms with E-state index in [1.807, 2.05) is 0 Å². The summed E-state index contributed by atoms with van der Waals surface area (Å²) in [6.45, 7) is 0.955. The molecule has 1 aliphatic heterocycles. The van der Waals surface area contributed by atoms with Crippen molar-refractivity contribution < 1.29 is 40.0 Å². The molecule has 4 fully saturated rings. The lowest BCUT2D eigenvalue weighted by atomic mass is 9.76. The molecule has 0 aromatic rings. The molecule has 9 nitrogen and oxygen atoms in total. The number of quaternary nitrogens is 1. The van der Waals surface area contributed by atoms with Crippen molar-refractivity contribution in [2.75, 3.05) is 13.7 Å². The summed E-state index contributed by atoms with van der Waals surface area (Å²) in [7, 11) is 1.64. The molecule has 0 radical (unpaired) electrons. The number of hydrogen-bond donors (Lipinski definition) is 6. The number of nitrogens with two attached hydrogens (primary N) is 2. The molecule has 0 bridgehead atoms. The van der Waals surface area contributed by atoms with E-state index in [9.17, 15) is 25.2 Å². The van der Waals surface area contributed by atoms with E-state index in [0.29, 0.717) is 56.8 Å². The summed E-state index contributed by atoms with van der Waals surface area (Å²) >= 11 is 0. The van der Waals surface area contributed by atoms with Crippen molar-refractivity contribution >= 4 is 5.78 Å². The monoisotopic (exact) mass is 583 g/mol. The van der Waals surface area contributed by atoms with Crippen molar-refractivity contribution in [1.29, 1.82) is 0 Å². The molecule has 4 aliphatic rings. The Morgan fingerprint density at radius 1 is 0.878 bits per heavy atom. The van der Waals surface area contributed by atoms with E-state index in [1.54, 1.807) is 7.11 Å². The van der Waals surface area contributed by atoms with Crippen LogP contribution < -0.4 is 11.1 Å². The van der Waals surface area contributed by atoms with Crippen LogP contribution in [0.5, 0.6) is 0 Å². The number of aliphatic hydroxyl groups excluding tert-OH is 4. The van der Waals surface area contributed by atoms with Crippen molar-refractivity contribution in [2.24, 2.45) is 29.4 Å². The Bertz CT molecular complexity index is 781. The van der Waals surface area contributed by atoms with Gasteiger partial charge in [-0.15, -0.1) is 0 Å². The summed E-state index contributed by atoms with van der Waals surface area (Å²) in [5.41, 5.74) is 6.22. The summed E-state index contributed by atoms with van der Waals surface area (Å²) in [6, 6.07) is 0. The highest BCUT2D eigenvalue weighted by molar-refractivity contribution is 5.81. The van der Waals surface area contributed by atoms with Crippen LogP contribution in [0.3, 0.4) is 0 Å². The predicted octanol–water partition coefficient (Wildman–Crippen LogP) is 1.77. The van der Waals surface area contributed by atoms with Gasteiger partial charge in [0.2, 0.25) is 0 Å². The van der Waals surface area contributed by atoms with Crippen LogP contribution in [0.4, 0.5) is 0 Å². The number of Topliss-reactive ketones (excluding diaryl/α,β-unsaturated/α-hetero) is 1. The lowest BCUT2D eigenvalue weighted by Gasteiger charge is -2.39. The number of rotatable bonds is 13. The first-order chi connectivity index (χ1) is 19.7. The van der Waals surface area contributed by atoms with Crippen molar-refractivity contribution in [3.63, 3.8) is 0 Å². The molecule has 9 unspecified atom stereocenters. The molecule has 11 atom stereocenters. The lowest BCUT2D eigenvalue weighted by Crippen LogP contribution is -2.94. The van der Waals surface area contributed by atoms with Crippen LogP contribution in [0, 0.1) is 23.7 Å². The summed E-state index contributed by atoms with van der Waals surface area (Å²) in [4.78, 5) is 13.7. The highest BCUT2D eigenvalue weighted by atomic mass is 16.5. The molecule has 0 spiro atoms. The minimum Gasteiger partial charge on any atom is -0.392 e. The largest absolute Gasteiger partial charge is 0.392 e. The molecule has 238 valence electrons. The van der Waals surface area contributed by atoms with Crippen LogP contribution in [0.1, 0.15) is 109 Å². The predicted molar refractivity (Wildman–Crippen MR) is 156 cm³/mol. The molecule has 3 aliphatic carbocycles. The second-order valence-electron chi connectivity index (χ2n) is 13.9. The molecule has 1 saturated heterocycles. The molecule has 3 saturated carbocycles. The second-order valence-corrected chi connectivity index (χ2v) is 13.9. The van der Waals surface area contributed by atoms with Gasteiger partial charge in [0, 0.05) is 25.9 Å². The normalized spacial score (nSPS) is 38.8. The zero-order chi connectivity index (χ0) is 29.4. The van der Waals surface area contributed by atoms with Gasteiger partial charge in [-0.2, -0.15) is 0 Å². The average molecular weight is 584 g/mol. The minimum absolute atomic E-state index is 0.0533. The van der Waals surface area contributed by atoms with Crippen LogP contribution in [-0.4, -0.2) is 88.8 Å². The van der Waals surface area contributed by atoms with E-state index in [4.69, 9.17) is 15.2 Å². The van der Waals surface area contributed by atoms with Gasteiger partial charge in [0.25, 0.3) is 0 Å². The quantitative estimate of drug-likeness (QED) is 0.191. The topological polar surface area (TPSA) is 159 Å². The average Bonchev–Trinajstić information content (AvgIpc) is 2.97. The summed E-state index contributed by atoms with van der Waals surface area (Å²) in [6.07, 6.45) is 10.9. The van der Waals surface area contributed by atoms with Gasteiger partial charge in [0.1, 0.15) is 18.1 Å². The van der Waals surface area contributed by atoms with Crippen molar-refractivity contribution in [3.05, 3.63) is 0 Å². The summed E-state index contributed by atoms with van der Waals surface area (Å²) < 4.78 is 11.8. The van der Waals surface area contributed by atoms with Crippen molar-refractivity contribution in [2.45, 2.75) is 158 Å². The number of methoxy groups -OCH3 is 1. The number of aliphatic hydroxyl groups is 4. The van der Waals surface area contributed by atoms with Crippen LogP contribution in [0.2, 0.25) is 0 Å². The summed E-state index contributed by atoms with van der Waals surface area (Å²) in [5.74, 6) is 0.524. The summed E-state index contributed by atoms with van der Waals surface area (Å²) in [5, 5.41) is 44.9. The Labute approximate surface area is 246 Å². The van der Waals surface area contributed by atoms with Crippen LogP contribution in [-0.2, 0) is 14.3 Å². The van der Waals surface area contributed by atoms with Gasteiger partial charge in [-0.1, -0.05) is 19.3 Å². The molecule has 41 heavy (non-hydrogen) atoms. The molecular weight excluding hydrogens is 524 g/mol. The fraction of sp³-hybridized carbons (Fsp3) is 0.969. The van der Waals surface area contributed by atoms with E-state index in [1.165, 1.54) is 6.42 Å². The highest BCUT2D eigenvalue weighted by Gasteiger charge is 2.39. The maximum Gasteiger partial charge on any atom is 0.138 e. The van der Waals surface area contributed by atoms with Crippen LogP contribution in [0.15, 0.2) is 0 Å². The van der Waals surface area contributed by atoms with Crippen LogP contribution in [0.25, 0.3) is 0 Å². The fourth-order valence-corrected chi connectivity index (χ4v) is 8.19. The molecule has 4 rings (SSSR count). The Kier molecular flexibility index (Phi) is 13.3. The number of carbonyl (C=O) groups excluding carboxylic acids is 1. The van der Waals surface area contributed by atoms with Gasteiger partial charge in [0.05, 0.1) is 43.2 Å². The van der Waals surface area contributed by atoms with E-state index in [2.05, 4.69) is 5.32 Å². The Balaban J connectivity index is 1.32. The highest BCUT2D eigenvalue weighted by Crippen LogP contribution is 2.36. The first kappa shape index (κ1) is 33.2. The maximum absolute atomic E-state index is 13.7. The van der Waals surface area contributed by atoms with Crippen molar-refractivity contribution in [3.8, 4) is 0 Å². The molecule has 9 heteroatoms. The van der Waals surface area contributed by atoms with Crippen molar-refractivity contribution in [1.82, 2.24) is 0 Å². The van der Waals surface area contributed by atoms with Gasteiger partial charge in [0.15, 0.2) is 0 Å². The smallest absolute Gasteiger partial charge is 0.138 e.